The van der Waals surface area contributed by atoms with E-state index in [2.05, 4.69) is 19.9 Å². The van der Waals surface area contributed by atoms with Crippen molar-refractivity contribution >= 4 is 28.4 Å². The van der Waals surface area contributed by atoms with Gasteiger partial charge >= 0.3 is 6.18 Å². The van der Waals surface area contributed by atoms with E-state index in [4.69, 9.17) is 11.5 Å². The minimum Gasteiger partial charge on any atom is -0.383 e. The minimum atomic E-state index is -4.56. The van der Waals surface area contributed by atoms with Gasteiger partial charge in [-0.05, 0) is 43.7 Å². The van der Waals surface area contributed by atoms with E-state index in [-0.39, 0.29) is 28.9 Å². The first-order valence-electron chi connectivity index (χ1n) is 9.67. The van der Waals surface area contributed by atoms with Crippen LogP contribution in [0.1, 0.15) is 22.4 Å². The number of hydrogen-bond acceptors (Lipinski definition) is 5. The average molecular weight is 436 g/mol. The Hall–Kier alpha value is -4.01. The number of nitrogens with zero attached hydrogens (tertiary/aromatic N) is 4. The Morgan fingerprint density at radius 2 is 1.62 bits per heavy atom. The number of pyridine rings is 1. The highest BCUT2D eigenvalue weighted by Gasteiger charge is 2.34. The van der Waals surface area contributed by atoms with Crippen molar-refractivity contribution < 1.29 is 13.2 Å². The Labute approximate surface area is 181 Å². The maximum Gasteiger partial charge on any atom is 0.417 e. The Morgan fingerprint density at radius 1 is 0.938 bits per heavy atom. The number of aromatic nitrogens is 3. The molecule has 0 saturated heterocycles. The number of aliphatic imine (C=N–C) groups is 1. The van der Waals surface area contributed by atoms with E-state index in [1.165, 1.54) is 18.2 Å². The Kier molecular flexibility index (Phi) is 5.25. The minimum absolute atomic E-state index is 0.0615. The molecule has 4 rings (SSSR count). The van der Waals surface area contributed by atoms with Gasteiger partial charge in [0, 0.05) is 16.6 Å². The molecule has 0 bridgehead atoms. The van der Waals surface area contributed by atoms with Gasteiger partial charge in [0.15, 0.2) is 11.6 Å². The van der Waals surface area contributed by atoms with Crippen LogP contribution in [-0.4, -0.2) is 20.8 Å². The van der Waals surface area contributed by atoms with Gasteiger partial charge in [0.1, 0.15) is 11.7 Å². The lowest BCUT2D eigenvalue weighted by atomic mass is 10.1. The highest BCUT2D eigenvalue weighted by Crippen LogP contribution is 2.37. The zero-order valence-corrected chi connectivity index (χ0v) is 17.3. The highest BCUT2D eigenvalue weighted by atomic mass is 19.4. The third kappa shape index (κ3) is 3.96. The fourth-order valence-electron chi connectivity index (χ4n) is 3.56. The molecule has 0 aliphatic carbocycles. The van der Waals surface area contributed by atoms with Crippen LogP contribution in [0.2, 0.25) is 0 Å². The second-order valence-corrected chi connectivity index (χ2v) is 7.27. The van der Waals surface area contributed by atoms with Gasteiger partial charge < -0.3 is 11.5 Å². The number of alkyl halides is 3. The summed E-state index contributed by atoms with van der Waals surface area (Å²) in [6.07, 6.45) is -4.56. The summed E-state index contributed by atoms with van der Waals surface area (Å²) < 4.78 is 40.7. The molecular formula is C23H19F3N6. The van der Waals surface area contributed by atoms with Crippen LogP contribution in [0.25, 0.3) is 22.3 Å². The smallest absolute Gasteiger partial charge is 0.383 e. The molecule has 32 heavy (non-hydrogen) atoms. The molecule has 0 saturated carbocycles. The number of rotatable bonds is 3. The molecule has 0 aliphatic heterocycles. The second kappa shape index (κ2) is 7.92. The standard InChI is InChI=1S/C23H19F3N6/c1-12-11-13(2)29-19(27)18(12)20(28)31-22-15-8-4-6-10-17(15)30-21(32-22)14-7-3-5-9-16(14)23(24,25)26/h3-11H,1-2H3,(H2,27,29)(H2,28,30,31,32). The molecule has 2 aromatic carbocycles. The summed E-state index contributed by atoms with van der Waals surface area (Å²) in [5.74, 6) is 0.311. The third-order valence-corrected chi connectivity index (χ3v) is 4.91. The zero-order valence-electron chi connectivity index (χ0n) is 17.3. The molecule has 9 heteroatoms. The lowest BCUT2D eigenvalue weighted by Crippen LogP contribution is -2.18. The highest BCUT2D eigenvalue weighted by molar-refractivity contribution is 6.05. The molecule has 0 fully saturated rings. The molecule has 6 nitrogen and oxygen atoms in total. The summed E-state index contributed by atoms with van der Waals surface area (Å²) in [5, 5.41) is 0.542. The van der Waals surface area contributed by atoms with Crippen molar-refractivity contribution in [3.05, 3.63) is 77.0 Å². The van der Waals surface area contributed by atoms with Crippen molar-refractivity contribution in [2.24, 2.45) is 10.7 Å². The van der Waals surface area contributed by atoms with Gasteiger partial charge in [-0.15, -0.1) is 0 Å². The van der Waals surface area contributed by atoms with Crippen molar-refractivity contribution in [2.75, 3.05) is 5.73 Å². The summed E-state index contributed by atoms with van der Waals surface area (Å²) in [6.45, 7) is 3.63. The van der Waals surface area contributed by atoms with Crippen LogP contribution < -0.4 is 11.5 Å². The van der Waals surface area contributed by atoms with Crippen LogP contribution in [0.5, 0.6) is 0 Å². The maximum absolute atomic E-state index is 13.6. The van der Waals surface area contributed by atoms with E-state index >= 15 is 0 Å². The molecule has 0 amide bonds. The van der Waals surface area contributed by atoms with Crippen LogP contribution in [-0.2, 0) is 6.18 Å². The Morgan fingerprint density at radius 3 is 2.34 bits per heavy atom. The third-order valence-electron chi connectivity index (χ3n) is 4.91. The average Bonchev–Trinajstić information content (AvgIpc) is 2.72. The largest absolute Gasteiger partial charge is 0.417 e. The van der Waals surface area contributed by atoms with Crippen molar-refractivity contribution in [3.8, 4) is 11.4 Å². The summed E-state index contributed by atoms with van der Waals surface area (Å²) >= 11 is 0. The number of anilines is 1. The number of hydrogen-bond donors (Lipinski definition) is 2. The molecular weight excluding hydrogens is 417 g/mol. The van der Waals surface area contributed by atoms with E-state index in [9.17, 15) is 13.2 Å². The summed E-state index contributed by atoms with van der Waals surface area (Å²) in [6, 6.07) is 13.9. The number of fused-ring (bicyclic) bond motifs is 1. The first-order valence-corrected chi connectivity index (χ1v) is 9.67. The number of amidine groups is 1. The molecule has 2 aromatic heterocycles. The van der Waals surface area contributed by atoms with Gasteiger partial charge in [0.2, 0.25) is 0 Å². The van der Waals surface area contributed by atoms with Crippen LogP contribution >= 0.6 is 0 Å². The van der Waals surface area contributed by atoms with Crippen LogP contribution in [0.4, 0.5) is 24.8 Å². The second-order valence-electron chi connectivity index (χ2n) is 7.27. The summed E-state index contributed by atoms with van der Waals surface area (Å²) in [4.78, 5) is 17.3. The first kappa shape index (κ1) is 21.2. The number of halogens is 3. The van der Waals surface area contributed by atoms with Gasteiger partial charge in [0.05, 0.1) is 16.6 Å². The fourth-order valence-corrected chi connectivity index (χ4v) is 3.56. The molecule has 162 valence electrons. The molecule has 0 atom stereocenters. The van der Waals surface area contributed by atoms with E-state index in [1.54, 1.807) is 24.3 Å². The van der Waals surface area contributed by atoms with Crippen LogP contribution in [0.3, 0.4) is 0 Å². The first-order chi connectivity index (χ1) is 15.1. The van der Waals surface area contributed by atoms with E-state index < -0.39 is 11.7 Å². The van der Waals surface area contributed by atoms with Crippen molar-refractivity contribution in [1.82, 2.24) is 15.0 Å². The SMILES string of the molecule is Cc1cc(C)c(C(N)=Nc2nc(-c3ccccc3C(F)(F)F)nc3ccccc23)c(N)n1. The lowest BCUT2D eigenvalue weighted by molar-refractivity contribution is -0.137. The molecule has 4 aromatic rings. The fraction of sp³-hybridized carbons (Fsp3) is 0.130. The topological polar surface area (TPSA) is 103 Å². The van der Waals surface area contributed by atoms with Gasteiger partial charge in [0.25, 0.3) is 0 Å². The quantitative estimate of drug-likeness (QED) is 0.350. The number of para-hydroxylation sites is 1. The molecule has 0 aliphatic rings. The normalized spacial score (nSPS) is 12.3. The van der Waals surface area contributed by atoms with Gasteiger partial charge in [-0.25, -0.2) is 19.9 Å². The monoisotopic (exact) mass is 436 g/mol. The van der Waals surface area contributed by atoms with E-state index in [1.807, 2.05) is 19.9 Å². The van der Waals surface area contributed by atoms with Crippen LogP contribution in [0, 0.1) is 13.8 Å². The van der Waals surface area contributed by atoms with Gasteiger partial charge in [-0.3, -0.25) is 0 Å². The summed E-state index contributed by atoms with van der Waals surface area (Å²) in [7, 11) is 0. The predicted molar refractivity (Wildman–Crippen MR) is 118 cm³/mol. The van der Waals surface area contributed by atoms with Crippen molar-refractivity contribution in [2.45, 2.75) is 20.0 Å². The Balaban J connectivity index is 1.95. The summed E-state index contributed by atoms with van der Waals surface area (Å²) in [5.41, 5.74) is 13.7. The molecule has 0 spiro atoms. The van der Waals surface area contributed by atoms with Crippen molar-refractivity contribution in [3.63, 3.8) is 0 Å². The molecule has 0 unspecified atom stereocenters. The molecule has 0 radical (unpaired) electrons. The Bertz CT molecular complexity index is 1340. The maximum atomic E-state index is 13.6. The molecule has 4 N–H and O–H groups in total. The van der Waals surface area contributed by atoms with Crippen LogP contribution in [0.15, 0.2) is 59.6 Å². The number of nitrogens with two attached hydrogens (primary N) is 2. The molecule has 2 heterocycles. The number of nitrogen functional groups attached to an aromatic ring is 1. The van der Waals surface area contributed by atoms with Gasteiger partial charge in [-0.1, -0.05) is 30.3 Å². The van der Waals surface area contributed by atoms with Gasteiger partial charge in [-0.2, -0.15) is 13.2 Å². The predicted octanol–water partition coefficient (Wildman–Crippen LogP) is 4.95. The van der Waals surface area contributed by atoms with E-state index in [0.717, 1.165) is 17.3 Å². The number of aryl methyl sites for hydroxylation is 2. The van der Waals surface area contributed by atoms with E-state index in [0.29, 0.717) is 16.5 Å². The zero-order chi connectivity index (χ0) is 23.0. The lowest BCUT2D eigenvalue weighted by Gasteiger charge is -2.13. The number of benzene rings is 2. The van der Waals surface area contributed by atoms with Crippen molar-refractivity contribution in [1.29, 1.82) is 0 Å².